The van der Waals surface area contributed by atoms with Crippen molar-refractivity contribution in [3.05, 3.63) is 24.3 Å². The molecular formula is C17H22N4O2. The van der Waals surface area contributed by atoms with Crippen molar-refractivity contribution in [3.63, 3.8) is 0 Å². The Bertz CT molecular complexity index is 670. The summed E-state index contributed by atoms with van der Waals surface area (Å²) in [6.07, 6.45) is 5.23. The number of rotatable bonds is 4. The molecule has 3 N–H and O–H groups in total. The molecule has 1 aromatic heterocycles. The fourth-order valence-corrected chi connectivity index (χ4v) is 3.00. The normalized spacial score (nSPS) is 16.9. The predicted molar refractivity (Wildman–Crippen MR) is 88.9 cm³/mol. The first-order valence-corrected chi connectivity index (χ1v) is 8.19. The number of anilines is 1. The summed E-state index contributed by atoms with van der Waals surface area (Å²) in [6.45, 7) is 1.69. The van der Waals surface area contributed by atoms with E-state index in [0.717, 1.165) is 36.7 Å². The molecule has 6 heteroatoms. The third kappa shape index (κ3) is 3.70. The van der Waals surface area contributed by atoms with Gasteiger partial charge in [-0.2, -0.15) is 0 Å². The molecule has 1 aliphatic carbocycles. The summed E-state index contributed by atoms with van der Waals surface area (Å²) in [6, 6.07) is 6.97. The number of aromatic amines is 1. The molecular weight excluding hydrogens is 292 g/mol. The summed E-state index contributed by atoms with van der Waals surface area (Å²) in [5.41, 5.74) is 1.66. The summed E-state index contributed by atoms with van der Waals surface area (Å²) < 4.78 is 0. The van der Waals surface area contributed by atoms with Crippen LogP contribution in [0, 0.1) is 5.92 Å². The lowest BCUT2D eigenvalue weighted by molar-refractivity contribution is -0.129. The predicted octanol–water partition coefficient (Wildman–Crippen LogP) is 2.59. The third-order valence-electron chi connectivity index (χ3n) is 4.36. The number of imidazole rings is 1. The zero-order valence-corrected chi connectivity index (χ0v) is 13.3. The number of carbonyl (C=O) groups is 2. The minimum Gasteiger partial charge on any atom is -0.344 e. The van der Waals surface area contributed by atoms with E-state index >= 15 is 0 Å². The Balaban J connectivity index is 1.57. The summed E-state index contributed by atoms with van der Waals surface area (Å²) >= 11 is 0. The van der Waals surface area contributed by atoms with Gasteiger partial charge in [-0.05, 0) is 31.9 Å². The lowest BCUT2D eigenvalue weighted by Crippen LogP contribution is -2.44. The molecule has 1 atom stereocenters. The van der Waals surface area contributed by atoms with Crippen molar-refractivity contribution < 1.29 is 9.59 Å². The highest BCUT2D eigenvalue weighted by Crippen LogP contribution is 2.23. The van der Waals surface area contributed by atoms with Crippen LogP contribution < -0.4 is 10.6 Å². The van der Waals surface area contributed by atoms with Crippen LogP contribution in [0.1, 0.15) is 39.0 Å². The number of para-hydroxylation sites is 2. The van der Waals surface area contributed by atoms with Gasteiger partial charge in [-0.25, -0.2) is 4.98 Å². The van der Waals surface area contributed by atoms with Gasteiger partial charge in [-0.3, -0.25) is 14.9 Å². The Kier molecular flexibility index (Phi) is 4.60. The van der Waals surface area contributed by atoms with E-state index in [1.54, 1.807) is 6.92 Å². The highest BCUT2D eigenvalue weighted by Gasteiger charge is 2.24. The number of nitrogens with one attached hydrogen (secondary N) is 3. The van der Waals surface area contributed by atoms with Crippen LogP contribution in [0.4, 0.5) is 5.95 Å². The van der Waals surface area contributed by atoms with Gasteiger partial charge in [0.15, 0.2) is 0 Å². The maximum Gasteiger partial charge on any atom is 0.248 e. The number of hydrogen-bond donors (Lipinski definition) is 3. The molecule has 2 aromatic rings. The van der Waals surface area contributed by atoms with Crippen molar-refractivity contribution in [3.8, 4) is 0 Å². The number of fused-ring (bicyclic) bond motifs is 1. The van der Waals surface area contributed by atoms with Crippen LogP contribution in [0.3, 0.4) is 0 Å². The molecule has 0 bridgehead atoms. The smallest absolute Gasteiger partial charge is 0.248 e. The van der Waals surface area contributed by atoms with Crippen LogP contribution in [-0.4, -0.2) is 27.8 Å². The number of hydrogen-bond acceptors (Lipinski definition) is 3. The fourth-order valence-electron chi connectivity index (χ4n) is 3.00. The first-order chi connectivity index (χ1) is 11.1. The van der Waals surface area contributed by atoms with Crippen LogP contribution in [0.25, 0.3) is 11.0 Å². The highest BCUT2D eigenvalue weighted by atomic mass is 16.2. The summed E-state index contributed by atoms with van der Waals surface area (Å²) in [5, 5.41) is 5.53. The van der Waals surface area contributed by atoms with Crippen molar-refractivity contribution in [2.24, 2.45) is 5.92 Å². The lowest BCUT2D eigenvalue weighted by atomic mass is 9.88. The van der Waals surface area contributed by atoms with E-state index < -0.39 is 6.04 Å². The van der Waals surface area contributed by atoms with Crippen molar-refractivity contribution in [2.45, 2.75) is 45.1 Å². The number of amides is 2. The van der Waals surface area contributed by atoms with Gasteiger partial charge in [0.25, 0.3) is 0 Å². The van der Waals surface area contributed by atoms with Gasteiger partial charge in [0, 0.05) is 5.92 Å². The zero-order valence-electron chi connectivity index (χ0n) is 13.3. The average molecular weight is 314 g/mol. The van der Waals surface area contributed by atoms with Gasteiger partial charge in [0.05, 0.1) is 11.0 Å². The molecule has 1 heterocycles. The van der Waals surface area contributed by atoms with Crippen LogP contribution in [0.5, 0.6) is 0 Å². The maximum absolute atomic E-state index is 12.2. The first-order valence-electron chi connectivity index (χ1n) is 8.19. The molecule has 0 spiro atoms. The van der Waals surface area contributed by atoms with E-state index in [1.807, 2.05) is 24.3 Å². The van der Waals surface area contributed by atoms with E-state index in [4.69, 9.17) is 0 Å². The second-order valence-corrected chi connectivity index (χ2v) is 6.16. The lowest BCUT2D eigenvalue weighted by Gasteiger charge is -2.22. The topological polar surface area (TPSA) is 86.9 Å². The van der Waals surface area contributed by atoms with Crippen LogP contribution in [0.15, 0.2) is 24.3 Å². The molecule has 1 saturated carbocycles. The number of aromatic nitrogens is 2. The molecule has 6 nitrogen and oxygen atoms in total. The number of carbonyl (C=O) groups excluding carboxylic acids is 2. The number of H-pyrrole nitrogens is 1. The number of nitrogens with zero attached hydrogens (tertiary/aromatic N) is 1. The third-order valence-corrected chi connectivity index (χ3v) is 4.36. The Morgan fingerprint density at radius 3 is 2.70 bits per heavy atom. The first kappa shape index (κ1) is 15.5. The van der Waals surface area contributed by atoms with E-state index in [2.05, 4.69) is 20.6 Å². The molecule has 23 heavy (non-hydrogen) atoms. The molecule has 1 aliphatic rings. The van der Waals surface area contributed by atoms with E-state index in [1.165, 1.54) is 6.42 Å². The van der Waals surface area contributed by atoms with E-state index in [-0.39, 0.29) is 17.7 Å². The largest absolute Gasteiger partial charge is 0.344 e. The molecule has 0 aliphatic heterocycles. The molecule has 1 fully saturated rings. The zero-order chi connectivity index (χ0) is 16.2. The summed E-state index contributed by atoms with van der Waals surface area (Å²) in [4.78, 5) is 31.8. The maximum atomic E-state index is 12.2. The van der Waals surface area contributed by atoms with Gasteiger partial charge in [-0.1, -0.05) is 31.4 Å². The van der Waals surface area contributed by atoms with Gasteiger partial charge < -0.3 is 10.3 Å². The Morgan fingerprint density at radius 1 is 1.22 bits per heavy atom. The molecule has 0 radical (unpaired) electrons. The van der Waals surface area contributed by atoms with Crippen molar-refractivity contribution in [1.82, 2.24) is 15.3 Å². The Labute approximate surface area is 135 Å². The van der Waals surface area contributed by atoms with Gasteiger partial charge >= 0.3 is 0 Å². The minimum absolute atomic E-state index is 0.0167. The molecule has 1 aromatic carbocycles. The summed E-state index contributed by atoms with van der Waals surface area (Å²) in [5.74, 6) is 0.158. The van der Waals surface area contributed by atoms with Crippen molar-refractivity contribution in [1.29, 1.82) is 0 Å². The Hall–Kier alpha value is -2.37. The van der Waals surface area contributed by atoms with Crippen LogP contribution >= 0.6 is 0 Å². The second-order valence-electron chi connectivity index (χ2n) is 6.16. The molecule has 122 valence electrons. The monoisotopic (exact) mass is 314 g/mol. The standard InChI is InChI=1S/C17H22N4O2/c1-11(18-16(23)12-7-3-2-4-8-12)15(22)21-17-19-13-9-5-6-10-14(13)20-17/h5-6,9-12H,2-4,7-8H2,1H3,(H,18,23)(H2,19,20,21,22)/t11-/m1/s1. The van der Waals surface area contributed by atoms with E-state index in [0.29, 0.717) is 5.95 Å². The fraction of sp³-hybridized carbons (Fsp3) is 0.471. The van der Waals surface area contributed by atoms with Crippen LogP contribution in [-0.2, 0) is 9.59 Å². The van der Waals surface area contributed by atoms with Crippen molar-refractivity contribution >= 4 is 28.8 Å². The second kappa shape index (κ2) is 6.81. The summed E-state index contributed by atoms with van der Waals surface area (Å²) in [7, 11) is 0. The SMILES string of the molecule is C[C@@H](NC(=O)C1CCCCC1)C(=O)Nc1nc2ccccc2[nH]1. The molecule has 0 saturated heterocycles. The van der Waals surface area contributed by atoms with Gasteiger partial charge in [-0.15, -0.1) is 0 Å². The number of benzene rings is 1. The van der Waals surface area contributed by atoms with Gasteiger partial charge in [0.1, 0.15) is 6.04 Å². The molecule has 3 rings (SSSR count). The molecule has 2 amide bonds. The Morgan fingerprint density at radius 2 is 1.96 bits per heavy atom. The van der Waals surface area contributed by atoms with Crippen molar-refractivity contribution in [2.75, 3.05) is 5.32 Å². The minimum atomic E-state index is -0.586. The molecule has 0 unspecified atom stereocenters. The average Bonchev–Trinajstić information content (AvgIpc) is 2.97. The van der Waals surface area contributed by atoms with E-state index in [9.17, 15) is 9.59 Å². The quantitative estimate of drug-likeness (QED) is 0.810. The van der Waals surface area contributed by atoms with Gasteiger partial charge in [0.2, 0.25) is 17.8 Å². The highest BCUT2D eigenvalue weighted by molar-refractivity contribution is 5.97. The van der Waals surface area contributed by atoms with Crippen LogP contribution in [0.2, 0.25) is 0 Å².